The van der Waals surface area contributed by atoms with Crippen LogP contribution in [0, 0.1) is 11.8 Å². The maximum atomic E-state index is 13.9. The number of hydrogen-bond donors (Lipinski definition) is 15. The van der Waals surface area contributed by atoms with E-state index in [1.807, 2.05) is 0 Å². The van der Waals surface area contributed by atoms with Gasteiger partial charge in [0.2, 0.25) is 59.1 Å². The summed E-state index contributed by atoms with van der Waals surface area (Å²) in [4.78, 5) is 143. The number of carbonyl (C=O) groups excluding carboxylic acids is 10. The molecule has 0 heterocycles. The molecule has 0 saturated carbocycles. The molecule has 0 radical (unpaired) electrons. The Morgan fingerprint density at radius 1 is 0.493 bits per heavy atom. The number of amides is 10. The van der Waals surface area contributed by atoms with Gasteiger partial charge in [-0.1, -0.05) is 34.1 Å². The molecule has 69 heavy (non-hydrogen) atoms. The molecule has 0 bridgehead atoms. The predicted molar refractivity (Wildman–Crippen MR) is 249 cm³/mol. The van der Waals surface area contributed by atoms with Crippen molar-refractivity contribution in [2.75, 3.05) is 13.1 Å². The second kappa shape index (κ2) is 32.7. The molecule has 0 aliphatic carbocycles. The van der Waals surface area contributed by atoms with Crippen molar-refractivity contribution in [2.45, 2.75) is 180 Å². The van der Waals surface area contributed by atoms with Gasteiger partial charge in [0.25, 0.3) is 0 Å². The summed E-state index contributed by atoms with van der Waals surface area (Å²) >= 11 is 0. The van der Waals surface area contributed by atoms with Crippen molar-refractivity contribution in [1.82, 2.24) is 42.5 Å². The number of carbonyl (C=O) groups is 11. The van der Waals surface area contributed by atoms with Gasteiger partial charge in [0, 0.05) is 13.3 Å². The lowest BCUT2D eigenvalue weighted by molar-refractivity contribution is -0.139. The van der Waals surface area contributed by atoms with Gasteiger partial charge in [-0.05, 0) is 90.1 Å². The topological polar surface area (TPSA) is 449 Å². The summed E-state index contributed by atoms with van der Waals surface area (Å²) in [6, 6.07) is -12.0. The van der Waals surface area contributed by atoms with Crippen LogP contribution in [0.5, 0.6) is 0 Å². The molecule has 394 valence electrons. The molecule has 0 spiro atoms. The smallest absolute Gasteiger partial charge is 0.303 e. The first-order valence-corrected chi connectivity index (χ1v) is 23.2. The largest absolute Gasteiger partial charge is 0.481 e. The molecule has 0 aromatic carbocycles. The zero-order chi connectivity index (χ0) is 53.1. The highest BCUT2D eigenvalue weighted by Gasteiger charge is 2.38. The molecule has 0 aromatic rings. The molecule has 11 atom stereocenters. The number of aliphatic hydroxyl groups excluding tert-OH is 2. The van der Waals surface area contributed by atoms with E-state index in [0.29, 0.717) is 32.2 Å². The Balaban J connectivity index is 6.53. The van der Waals surface area contributed by atoms with Gasteiger partial charge in [-0.25, -0.2) is 0 Å². The molecule has 0 aromatic heterocycles. The van der Waals surface area contributed by atoms with Crippen LogP contribution in [0.25, 0.3) is 0 Å². The molecule has 0 aliphatic rings. The molecule has 0 rings (SSSR count). The minimum atomic E-state index is -1.85. The van der Waals surface area contributed by atoms with Crippen molar-refractivity contribution in [3.63, 3.8) is 0 Å². The average Bonchev–Trinajstić information content (AvgIpc) is 3.25. The minimum absolute atomic E-state index is 0.0540. The quantitative estimate of drug-likeness (QED) is 0.0265. The van der Waals surface area contributed by atoms with Crippen LogP contribution in [0.2, 0.25) is 0 Å². The maximum Gasteiger partial charge on any atom is 0.303 e. The molecular weight excluding hydrogens is 909 g/mol. The van der Waals surface area contributed by atoms with E-state index in [-0.39, 0.29) is 44.6 Å². The fourth-order valence-electron chi connectivity index (χ4n) is 6.77. The molecule has 26 nitrogen and oxygen atoms in total. The van der Waals surface area contributed by atoms with Gasteiger partial charge in [-0.15, -0.1) is 0 Å². The third-order valence-corrected chi connectivity index (χ3v) is 10.8. The van der Waals surface area contributed by atoms with Crippen molar-refractivity contribution >= 4 is 65.0 Å². The Hall–Kier alpha value is -5.99. The second-order valence-electron chi connectivity index (χ2n) is 17.5. The van der Waals surface area contributed by atoms with Gasteiger partial charge in [0.15, 0.2) is 0 Å². The number of unbranched alkanes of at least 4 members (excludes halogenated alkanes) is 2. The number of hydrogen-bond acceptors (Lipinski definition) is 15. The van der Waals surface area contributed by atoms with Crippen LogP contribution >= 0.6 is 0 Å². The Morgan fingerprint density at radius 2 is 0.884 bits per heavy atom. The van der Waals surface area contributed by atoms with Crippen molar-refractivity contribution < 1.29 is 68.1 Å². The Morgan fingerprint density at radius 3 is 1.32 bits per heavy atom. The lowest BCUT2D eigenvalue weighted by Gasteiger charge is -2.30. The van der Waals surface area contributed by atoms with Crippen molar-refractivity contribution in [3.05, 3.63) is 0 Å². The monoisotopic (exact) mass is 987 g/mol. The molecule has 10 amide bonds. The molecule has 0 fully saturated rings. The lowest BCUT2D eigenvalue weighted by atomic mass is 9.96. The highest BCUT2D eigenvalue weighted by molar-refractivity contribution is 5.99. The van der Waals surface area contributed by atoms with Gasteiger partial charge >= 0.3 is 5.97 Å². The van der Waals surface area contributed by atoms with Crippen LogP contribution in [-0.4, -0.2) is 154 Å². The lowest BCUT2D eigenvalue weighted by Crippen LogP contribution is -2.63. The molecular formula is C43H78N12O14. The number of primary amides is 2. The van der Waals surface area contributed by atoms with Crippen LogP contribution in [-0.2, 0) is 52.7 Å². The number of nitrogens with one attached hydrogen (secondary N) is 8. The van der Waals surface area contributed by atoms with E-state index in [9.17, 15) is 63.0 Å². The number of carboxylic acids is 1. The van der Waals surface area contributed by atoms with Crippen molar-refractivity contribution in [3.8, 4) is 0 Å². The van der Waals surface area contributed by atoms with Crippen molar-refractivity contribution in [2.24, 2.45) is 34.8 Å². The fraction of sp³-hybridized carbons (Fsp3) is 0.744. The van der Waals surface area contributed by atoms with E-state index in [0.717, 1.165) is 20.8 Å². The summed E-state index contributed by atoms with van der Waals surface area (Å²) in [7, 11) is 0. The summed E-state index contributed by atoms with van der Waals surface area (Å²) in [5.41, 5.74) is 22.1. The molecule has 0 saturated heterocycles. The Bertz CT molecular complexity index is 1750. The van der Waals surface area contributed by atoms with E-state index in [4.69, 9.17) is 28.0 Å². The van der Waals surface area contributed by atoms with Crippen LogP contribution in [0.15, 0.2) is 0 Å². The Labute approximate surface area is 402 Å². The summed E-state index contributed by atoms with van der Waals surface area (Å²) in [6.07, 6.45) is -2.87. The van der Waals surface area contributed by atoms with E-state index < -0.39 is 144 Å². The standard InChI is InChI=1S/C43H78N12O14/c1-8-22(4)33(53-38(64)28(48-25(7)58)15-16-32(60)61)41(67)54-35(24(6)57)43(69)55-34(23(5)56)42(68)50-27(14-10-12-18-45)37(63)52-30(20-31(46)59)40(66)51-29(19-21(2)3)39(65)49-26(36(47)62)13-9-11-17-44/h21-24,26-30,33-35,56-57H,8-20,44-45H2,1-7H3,(H2,46,59)(H2,47,62)(H,48,58)(H,49,65)(H,50,68)(H,51,66)(H,52,63)(H,53,64)(H,54,67)(H,55,69)(H,60,61)/t22-,23+,24+,26-,27-,28-,29-,30-,33-,34-,35-/m0/s1. The van der Waals surface area contributed by atoms with Crippen LogP contribution in [0.3, 0.4) is 0 Å². The molecule has 0 aliphatic heterocycles. The normalized spacial score (nSPS) is 15.9. The number of rotatable bonds is 35. The van der Waals surface area contributed by atoms with Gasteiger partial charge in [-0.2, -0.15) is 0 Å². The molecule has 26 heteroatoms. The zero-order valence-corrected chi connectivity index (χ0v) is 40.8. The van der Waals surface area contributed by atoms with Crippen molar-refractivity contribution in [1.29, 1.82) is 0 Å². The first-order valence-electron chi connectivity index (χ1n) is 23.2. The fourth-order valence-corrected chi connectivity index (χ4v) is 6.77. The first-order chi connectivity index (χ1) is 32.2. The average molecular weight is 987 g/mol. The predicted octanol–water partition coefficient (Wildman–Crippen LogP) is -4.78. The second-order valence-corrected chi connectivity index (χ2v) is 17.5. The van der Waals surface area contributed by atoms with E-state index >= 15 is 0 Å². The van der Waals surface area contributed by atoms with Gasteiger partial charge in [0.1, 0.15) is 48.3 Å². The van der Waals surface area contributed by atoms with E-state index in [2.05, 4.69) is 42.5 Å². The third kappa shape index (κ3) is 24.7. The third-order valence-electron chi connectivity index (χ3n) is 10.8. The SMILES string of the molecule is CC[C@H](C)[C@H](NC(=O)[C@H](CCC(=O)O)NC(C)=O)C(=O)N[C@H](C(=O)N[C@H](C(=O)N[C@@H](CCCCN)C(=O)N[C@@H](CC(N)=O)C(=O)N[C@@H](CC(C)C)C(=O)N[C@@H](CCCCN)C(N)=O)[C@@H](C)O)[C@@H](C)O. The molecule has 0 unspecified atom stereocenters. The number of aliphatic hydroxyl groups is 2. The minimum Gasteiger partial charge on any atom is -0.481 e. The highest BCUT2D eigenvalue weighted by atomic mass is 16.4. The van der Waals surface area contributed by atoms with Crippen LogP contribution in [0.4, 0.5) is 0 Å². The van der Waals surface area contributed by atoms with Gasteiger partial charge < -0.3 is 80.8 Å². The van der Waals surface area contributed by atoms with Crippen LogP contribution < -0.4 is 65.5 Å². The first kappa shape index (κ1) is 63.0. The molecule has 19 N–H and O–H groups in total. The summed E-state index contributed by atoms with van der Waals surface area (Å²) in [6.45, 7) is 10.7. The number of nitrogens with two attached hydrogens (primary N) is 4. The summed E-state index contributed by atoms with van der Waals surface area (Å²) in [5, 5.41) is 49.7. The van der Waals surface area contributed by atoms with E-state index in [1.54, 1.807) is 27.7 Å². The summed E-state index contributed by atoms with van der Waals surface area (Å²) in [5.74, 6) is -11.6. The van der Waals surface area contributed by atoms with Gasteiger partial charge in [-0.3, -0.25) is 52.7 Å². The summed E-state index contributed by atoms with van der Waals surface area (Å²) < 4.78 is 0. The maximum absolute atomic E-state index is 13.9. The number of aliphatic carboxylic acids is 1. The van der Waals surface area contributed by atoms with Crippen LogP contribution in [0.1, 0.15) is 119 Å². The van der Waals surface area contributed by atoms with Gasteiger partial charge in [0.05, 0.1) is 18.6 Å². The zero-order valence-electron chi connectivity index (χ0n) is 40.8. The van der Waals surface area contributed by atoms with E-state index in [1.165, 1.54) is 0 Å². The highest BCUT2D eigenvalue weighted by Crippen LogP contribution is 2.13. The Kier molecular flexibility index (Phi) is 29.9. The number of carboxylic acid groups (broad SMARTS) is 1.